The summed E-state index contributed by atoms with van der Waals surface area (Å²) in [7, 11) is 0. The normalized spacial score (nSPS) is 39.3. The third kappa shape index (κ3) is 2.77. The van der Waals surface area contributed by atoms with E-state index in [1.165, 1.54) is 32.1 Å². The molecule has 106 valence electrons. The molecule has 4 aliphatic rings. The predicted molar refractivity (Wildman–Crippen MR) is 70.5 cm³/mol. The lowest BCUT2D eigenvalue weighted by atomic mass is 9.54. The van der Waals surface area contributed by atoms with Gasteiger partial charge >= 0.3 is 5.97 Å². The van der Waals surface area contributed by atoms with Crippen LogP contribution in [-0.2, 0) is 9.59 Å². The Bertz CT molecular complexity index is 352. The third-order valence-electron chi connectivity index (χ3n) is 5.35. The van der Waals surface area contributed by atoms with Crippen molar-refractivity contribution in [2.75, 3.05) is 0 Å². The topological polar surface area (TPSA) is 66.4 Å². The average Bonchev–Trinajstić information content (AvgIpc) is 2.32. The summed E-state index contributed by atoms with van der Waals surface area (Å²) in [4.78, 5) is 22.4. The zero-order chi connectivity index (χ0) is 13.4. The van der Waals surface area contributed by atoms with E-state index in [1.54, 1.807) is 0 Å². The van der Waals surface area contributed by atoms with Gasteiger partial charge in [-0.2, -0.15) is 0 Å². The minimum Gasteiger partial charge on any atom is -0.481 e. The van der Waals surface area contributed by atoms with Crippen molar-refractivity contribution >= 4 is 11.9 Å². The molecule has 2 N–H and O–H groups in total. The number of carbonyl (C=O) groups excluding carboxylic acids is 1. The van der Waals surface area contributed by atoms with Crippen LogP contribution in [-0.4, -0.2) is 23.0 Å². The highest BCUT2D eigenvalue weighted by Gasteiger charge is 2.48. The molecular weight excluding hydrogens is 242 g/mol. The Morgan fingerprint density at radius 2 is 1.53 bits per heavy atom. The average molecular weight is 265 g/mol. The van der Waals surface area contributed by atoms with Crippen molar-refractivity contribution in [3.63, 3.8) is 0 Å². The van der Waals surface area contributed by atoms with E-state index in [9.17, 15) is 9.59 Å². The van der Waals surface area contributed by atoms with E-state index in [4.69, 9.17) is 5.11 Å². The first kappa shape index (κ1) is 12.9. The maximum absolute atomic E-state index is 11.9. The lowest BCUT2D eigenvalue weighted by molar-refractivity contribution is -0.137. The summed E-state index contributed by atoms with van der Waals surface area (Å²) in [5.41, 5.74) is 0. The third-order valence-corrected chi connectivity index (χ3v) is 5.35. The lowest BCUT2D eigenvalue weighted by Crippen LogP contribution is -2.55. The van der Waals surface area contributed by atoms with Crippen molar-refractivity contribution in [2.24, 2.45) is 23.7 Å². The Morgan fingerprint density at radius 1 is 0.947 bits per heavy atom. The van der Waals surface area contributed by atoms with Gasteiger partial charge in [0.15, 0.2) is 0 Å². The van der Waals surface area contributed by atoms with E-state index in [-0.39, 0.29) is 12.3 Å². The largest absolute Gasteiger partial charge is 0.481 e. The van der Waals surface area contributed by atoms with E-state index in [1.807, 2.05) is 0 Å². The molecule has 4 rings (SSSR count). The van der Waals surface area contributed by atoms with Crippen LogP contribution < -0.4 is 5.32 Å². The van der Waals surface area contributed by atoms with Crippen LogP contribution in [0, 0.1) is 23.7 Å². The molecule has 0 radical (unpaired) electrons. The second-order valence-corrected chi connectivity index (χ2v) is 6.77. The summed E-state index contributed by atoms with van der Waals surface area (Å²) in [6, 6.07) is 0.380. The SMILES string of the molecule is O=C(O)CCCC(=O)NC1C2CC3CC(C2)CC1C3. The van der Waals surface area contributed by atoms with Crippen LogP contribution >= 0.6 is 0 Å². The van der Waals surface area contributed by atoms with Crippen molar-refractivity contribution in [1.82, 2.24) is 5.32 Å². The van der Waals surface area contributed by atoms with Crippen LogP contribution in [0.25, 0.3) is 0 Å². The first-order chi connectivity index (χ1) is 9.11. The lowest BCUT2D eigenvalue weighted by Gasteiger charge is -2.54. The highest BCUT2D eigenvalue weighted by molar-refractivity contribution is 5.77. The fourth-order valence-corrected chi connectivity index (χ4v) is 4.82. The number of rotatable bonds is 5. The number of hydrogen-bond donors (Lipinski definition) is 2. The van der Waals surface area contributed by atoms with E-state index in [0.29, 0.717) is 30.7 Å². The van der Waals surface area contributed by atoms with Gasteiger partial charge in [0.25, 0.3) is 0 Å². The minimum atomic E-state index is -0.817. The molecule has 4 heteroatoms. The van der Waals surface area contributed by atoms with Gasteiger partial charge in [0, 0.05) is 18.9 Å². The van der Waals surface area contributed by atoms with E-state index in [0.717, 1.165) is 11.8 Å². The summed E-state index contributed by atoms with van der Waals surface area (Å²) < 4.78 is 0. The Labute approximate surface area is 113 Å². The molecule has 4 fully saturated rings. The van der Waals surface area contributed by atoms with Crippen LogP contribution in [0.4, 0.5) is 0 Å². The Hall–Kier alpha value is -1.06. The summed E-state index contributed by atoms with van der Waals surface area (Å²) in [5.74, 6) is 2.46. The zero-order valence-corrected chi connectivity index (χ0v) is 11.3. The van der Waals surface area contributed by atoms with Gasteiger partial charge in [-0.3, -0.25) is 9.59 Å². The highest BCUT2D eigenvalue weighted by Crippen LogP contribution is 2.53. The van der Waals surface area contributed by atoms with Crippen molar-refractivity contribution in [2.45, 2.75) is 57.4 Å². The van der Waals surface area contributed by atoms with Gasteiger partial charge in [-0.05, 0) is 62.2 Å². The van der Waals surface area contributed by atoms with Gasteiger partial charge in [0.05, 0.1) is 0 Å². The van der Waals surface area contributed by atoms with Gasteiger partial charge in [-0.1, -0.05) is 0 Å². The molecule has 0 heterocycles. The molecule has 0 atom stereocenters. The van der Waals surface area contributed by atoms with Gasteiger partial charge in [-0.25, -0.2) is 0 Å². The Morgan fingerprint density at radius 3 is 2.05 bits per heavy atom. The molecule has 4 aliphatic carbocycles. The minimum absolute atomic E-state index is 0.0544. The molecule has 19 heavy (non-hydrogen) atoms. The molecule has 4 nitrogen and oxygen atoms in total. The second-order valence-electron chi connectivity index (χ2n) is 6.77. The summed E-state index contributed by atoms with van der Waals surface area (Å²) in [6.45, 7) is 0. The molecule has 4 saturated carbocycles. The zero-order valence-electron chi connectivity index (χ0n) is 11.3. The van der Waals surface area contributed by atoms with Gasteiger partial charge in [0.2, 0.25) is 5.91 Å². The molecule has 0 saturated heterocycles. The van der Waals surface area contributed by atoms with Crippen LogP contribution in [0.5, 0.6) is 0 Å². The van der Waals surface area contributed by atoms with Gasteiger partial charge < -0.3 is 10.4 Å². The van der Waals surface area contributed by atoms with E-state index in [2.05, 4.69) is 5.32 Å². The first-order valence-electron chi connectivity index (χ1n) is 7.63. The Kier molecular flexibility index (Phi) is 3.50. The number of amides is 1. The second kappa shape index (κ2) is 5.14. The molecule has 0 spiro atoms. The number of hydrogen-bond acceptors (Lipinski definition) is 2. The van der Waals surface area contributed by atoms with Crippen LogP contribution in [0.2, 0.25) is 0 Å². The number of carboxylic acid groups (broad SMARTS) is 1. The predicted octanol–water partition coefficient (Wildman–Crippen LogP) is 2.18. The number of carbonyl (C=O) groups is 2. The monoisotopic (exact) mass is 265 g/mol. The molecule has 0 aromatic carbocycles. The van der Waals surface area contributed by atoms with Crippen molar-refractivity contribution in [3.8, 4) is 0 Å². The van der Waals surface area contributed by atoms with Gasteiger partial charge in [-0.15, -0.1) is 0 Å². The highest BCUT2D eigenvalue weighted by atomic mass is 16.4. The fraction of sp³-hybridized carbons (Fsp3) is 0.867. The summed E-state index contributed by atoms with van der Waals surface area (Å²) in [6.07, 6.45) is 7.52. The summed E-state index contributed by atoms with van der Waals surface area (Å²) >= 11 is 0. The quantitative estimate of drug-likeness (QED) is 0.800. The number of carboxylic acids is 1. The molecule has 1 amide bonds. The standard InChI is InChI=1S/C15H23NO3/c17-13(2-1-3-14(18)19)16-15-11-5-9-4-10(7-11)8-12(15)6-9/h9-12,15H,1-8H2,(H,16,17)(H,18,19). The van der Waals surface area contributed by atoms with Crippen molar-refractivity contribution in [1.29, 1.82) is 0 Å². The van der Waals surface area contributed by atoms with Crippen molar-refractivity contribution in [3.05, 3.63) is 0 Å². The van der Waals surface area contributed by atoms with Crippen LogP contribution in [0.3, 0.4) is 0 Å². The van der Waals surface area contributed by atoms with Crippen molar-refractivity contribution < 1.29 is 14.7 Å². The number of nitrogens with one attached hydrogen (secondary N) is 1. The van der Waals surface area contributed by atoms with Gasteiger partial charge in [0.1, 0.15) is 0 Å². The maximum Gasteiger partial charge on any atom is 0.303 e. The Balaban J connectivity index is 1.50. The molecule has 4 bridgehead atoms. The number of aliphatic carboxylic acids is 1. The van der Waals surface area contributed by atoms with E-state index >= 15 is 0 Å². The molecule has 0 aromatic heterocycles. The molecular formula is C15H23NO3. The van der Waals surface area contributed by atoms with Crippen LogP contribution in [0.1, 0.15) is 51.4 Å². The molecule has 0 aromatic rings. The molecule has 0 aliphatic heterocycles. The summed E-state index contributed by atoms with van der Waals surface area (Å²) in [5, 5.41) is 11.8. The fourth-order valence-electron chi connectivity index (χ4n) is 4.82. The molecule has 0 unspecified atom stereocenters. The van der Waals surface area contributed by atoms with Crippen LogP contribution in [0.15, 0.2) is 0 Å². The maximum atomic E-state index is 11.9. The first-order valence-corrected chi connectivity index (χ1v) is 7.63. The van der Waals surface area contributed by atoms with E-state index < -0.39 is 5.97 Å². The smallest absolute Gasteiger partial charge is 0.303 e.